The molecule has 0 rings (SSSR count). The molecule has 0 saturated carbocycles. The number of carboxylic acid groups (broad SMARTS) is 1. The molecule has 0 aliphatic rings. The zero-order valence-corrected chi connectivity index (χ0v) is 7.81. The average molecular weight is 239 g/mol. The van der Waals surface area contributed by atoms with Crippen LogP contribution in [0.3, 0.4) is 0 Å². The molecule has 4 nitrogen and oxygen atoms in total. The monoisotopic (exact) mass is 239 g/mol. The first-order valence-electron chi connectivity index (χ1n) is 3.43. The lowest BCUT2D eigenvalue weighted by Crippen LogP contribution is -2.43. The maximum atomic E-state index is 11.3. The quantitative estimate of drug-likeness (QED) is 0.561. The fraction of sp³-hybridized carbons (Fsp3) is 0.833. The summed E-state index contributed by atoms with van der Waals surface area (Å²) in [5, 5.41) is 7.31. The first-order valence-corrected chi connectivity index (χ1v) is 3.43. The van der Waals surface area contributed by atoms with E-state index >= 15 is 0 Å². The normalized spacial score (nSPS) is 13.9. The van der Waals surface area contributed by atoms with Crippen LogP contribution < -0.4 is 5.73 Å². The number of alkyl halides is 5. The Bertz CT molecular complexity index is 203. The minimum atomic E-state index is -6.02. The molecule has 0 aromatic rings. The molecule has 0 amide bonds. The zero-order valence-electron chi connectivity index (χ0n) is 7.81. The molecule has 3 N–H and O–H groups in total. The Balaban J connectivity index is 0. The molecule has 0 fully saturated rings. The van der Waals surface area contributed by atoms with Crippen LogP contribution in [0.4, 0.5) is 22.0 Å². The maximum absolute atomic E-state index is 11.3. The summed E-state index contributed by atoms with van der Waals surface area (Å²) in [6, 6.07) is 0. The Morgan fingerprint density at radius 2 is 1.60 bits per heavy atom. The number of hydrogen-bond donors (Lipinski definition) is 2. The van der Waals surface area contributed by atoms with E-state index in [1.807, 2.05) is 0 Å². The molecule has 0 aliphatic heterocycles. The standard InChI is InChI=1S/C3HF5O2.C3H9NO/c4-2(5,1(9)10)3(6,7)8;1-3(4)5-2/h(H,9,10);3H,4H2,1-2H3. The molecule has 0 radical (unpaired) electrons. The van der Waals surface area contributed by atoms with E-state index in [0.717, 1.165) is 0 Å². The van der Waals surface area contributed by atoms with Gasteiger partial charge in [-0.25, -0.2) is 4.79 Å². The van der Waals surface area contributed by atoms with Crippen LogP contribution in [-0.4, -0.2) is 36.5 Å². The molecule has 0 aliphatic carbocycles. The van der Waals surface area contributed by atoms with E-state index in [1.54, 1.807) is 14.0 Å². The van der Waals surface area contributed by atoms with E-state index in [4.69, 9.17) is 10.8 Å². The highest BCUT2D eigenvalue weighted by atomic mass is 19.4. The number of aliphatic carboxylic acids is 1. The van der Waals surface area contributed by atoms with E-state index in [9.17, 15) is 26.7 Å². The van der Waals surface area contributed by atoms with Crippen molar-refractivity contribution < 1.29 is 36.6 Å². The van der Waals surface area contributed by atoms with Crippen LogP contribution in [0.2, 0.25) is 0 Å². The molecular formula is C6H10F5NO3. The van der Waals surface area contributed by atoms with E-state index in [0.29, 0.717) is 0 Å². The fourth-order valence-electron chi connectivity index (χ4n) is 0.121. The maximum Gasteiger partial charge on any atom is 0.465 e. The summed E-state index contributed by atoms with van der Waals surface area (Å²) in [6.45, 7) is 1.78. The van der Waals surface area contributed by atoms with Gasteiger partial charge in [0, 0.05) is 7.11 Å². The van der Waals surface area contributed by atoms with Gasteiger partial charge in [0.15, 0.2) is 0 Å². The lowest BCUT2D eigenvalue weighted by molar-refractivity contribution is -0.277. The summed E-state index contributed by atoms with van der Waals surface area (Å²) in [7, 11) is 1.57. The van der Waals surface area contributed by atoms with E-state index < -0.39 is 18.1 Å². The van der Waals surface area contributed by atoms with Crippen LogP contribution in [0.5, 0.6) is 0 Å². The molecule has 92 valence electrons. The molecule has 1 unspecified atom stereocenters. The molecule has 0 heterocycles. The smallest absolute Gasteiger partial charge is 0.465 e. The third kappa shape index (κ3) is 6.18. The van der Waals surface area contributed by atoms with Crippen LogP contribution in [0.1, 0.15) is 6.92 Å². The van der Waals surface area contributed by atoms with Gasteiger partial charge in [0.1, 0.15) is 6.23 Å². The number of hydrogen-bond acceptors (Lipinski definition) is 3. The Labute approximate surface area is 81.8 Å². The summed E-state index contributed by atoms with van der Waals surface area (Å²) >= 11 is 0. The highest BCUT2D eigenvalue weighted by Gasteiger charge is 2.64. The van der Waals surface area contributed by atoms with E-state index in [-0.39, 0.29) is 6.23 Å². The summed E-state index contributed by atoms with van der Waals surface area (Å²) < 4.78 is 60.0. The van der Waals surface area contributed by atoms with Crippen molar-refractivity contribution in [2.75, 3.05) is 7.11 Å². The topological polar surface area (TPSA) is 72.5 Å². The summed E-state index contributed by atoms with van der Waals surface area (Å²) in [5.74, 6) is -8.84. The van der Waals surface area contributed by atoms with Gasteiger partial charge in [0.05, 0.1) is 0 Å². The minimum absolute atomic E-state index is 0.116. The van der Waals surface area contributed by atoms with Crippen LogP contribution >= 0.6 is 0 Å². The van der Waals surface area contributed by atoms with Gasteiger partial charge in [0.2, 0.25) is 0 Å². The number of rotatable bonds is 2. The Kier molecular flexibility index (Phi) is 6.38. The van der Waals surface area contributed by atoms with E-state index in [1.165, 1.54) is 0 Å². The van der Waals surface area contributed by atoms with Crippen molar-refractivity contribution in [3.63, 3.8) is 0 Å². The summed E-state index contributed by atoms with van der Waals surface area (Å²) in [6.07, 6.45) is -6.13. The highest BCUT2D eigenvalue weighted by Crippen LogP contribution is 2.35. The van der Waals surface area contributed by atoms with Crippen LogP contribution in [0, 0.1) is 0 Å². The van der Waals surface area contributed by atoms with Crippen LogP contribution in [-0.2, 0) is 9.53 Å². The molecule has 0 aromatic carbocycles. The Morgan fingerprint density at radius 3 is 1.60 bits per heavy atom. The third-order valence-electron chi connectivity index (χ3n) is 0.996. The van der Waals surface area contributed by atoms with Gasteiger partial charge in [-0.15, -0.1) is 0 Å². The van der Waals surface area contributed by atoms with Gasteiger partial charge in [-0.05, 0) is 6.92 Å². The third-order valence-corrected chi connectivity index (χ3v) is 0.996. The first kappa shape index (κ1) is 16.5. The van der Waals surface area contributed by atoms with Gasteiger partial charge >= 0.3 is 18.1 Å². The zero-order chi connectivity index (χ0) is 12.9. The Hall–Kier alpha value is -0.960. The molecule has 1 atom stereocenters. The largest absolute Gasteiger partial charge is 0.477 e. The van der Waals surface area contributed by atoms with Crippen molar-refractivity contribution in [1.29, 1.82) is 0 Å². The Morgan fingerprint density at radius 1 is 1.33 bits per heavy atom. The van der Waals surface area contributed by atoms with Crippen LogP contribution in [0.25, 0.3) is 0 Å². The second-order valence-corrected chi connectivity index (χ2v) is 2.32. The molecule has 9 heteroatoms. The number of carbonyl (C=O) groups is 1. The predicted molar refractivity (Wildman–Crippen MR) is 39.3 cm³/mol. The lowest BCUT2D eigenvalue weighted by Gasteiger charge is -2.13. The number of halogens is 5. The van der Waals surface area contributed by atoms with Crippen LogP contribution in [0.15, 0.2) is 0 Å². The molecular weight excluding hydrogens is 229 g/mol. The molecule has 0 aromatic heterocycles. The van der Waals surface area contributed by atoms with Gasteiger partial charge in [0.25, 0.3) is 0 Å². The van der Waals surface area contributed by atoms with Crippen molar-refractivity contribution in [3.05, 3.63) is 0 Å². The van der Waals surface area contributed by atoms with Gasteiger partial charge < -0.3 is 15.6 Å². The summed E-state index contributed by atoms with van der Waals surface area (Å²) in [5.41, 5.74) is 5.07. The number of carboxylic acids is 1. The average Bonchev–Trinajstić information content (AvgIpc) is 2.03. The van der Waals surface area contributed by atoms with Crippen molar-refractivity contribution in [2.45, 2.75) is 25.3 Å². The van der Waals surface area contributed by atoms with Crippen molar-refractivity contribution in [3.8, 4) is 0 Å². The van der Waals surface area contributed by atoms with Crippen molar-refractivity contribution in [2.24, 2.45) is 5.73 Å². The molecule has 0 bridgehead atoms. The SMILES string of the molecule is COC(C)N.O=C(O)C(F)(F)C(F)(F)F. The van der Waals surface area contributed by atoms with Gasteiger partial charge in [-0.1, -0.05) is 0 Å². The lowest BCUT2D eigenvalue weighted by atomic mass is 10.3. The predicted octanol–water partition coefficient (Wildman–Crippen LogP) is 1.21. The first-order chi connectivity index (χ1) is 6.46. The fourth-order valence-corrected chi connectivity index (χ4v) is 0.121. The summed E-state index contributed by atoms with van der Waals surface area (Å²) in [4.78, 5) is 9.20. The number of ether oxygens (including phenoxy) is 1. The van der Waals surface area contributed by atoms with E-state index in [2.05, 4.69) is 4.74 Å². The minimum Gasteiger partial charge on any atom is -0.477 e. The second kappa shape index (κ2) is 5.81. The van der Waals surface area contributed by atoms with Gasteiger partial charge in [-0.3, -0.25) is 0 Å². The van der Waals surface area contributed by atoms with Gasteiger partial charge in [-0.2, -0.15) is 22.0 Å². The molecule has 0 spiro atoms. The number of nitrogens with two attached hydrogens (primary N) is 1. The number of methoxy groups -OCH3 is 1. The van der Waals surface area contributed by atoms with Crippen molar-refractivity contribution >= 4 is 5.97 Å². The molecule has 0 saturated heterocycles. The molecule has 15 heavy (non-hydrogen) atoms. The van der Waals surface area contributed by atoms with Crippen molar-refractivity contribution in [1.82, 2.24) is 0 Å². The second-order valence-electron chi connectivity index (χ2n) is 2.32. The highest BCUT2D eigenvalue weighted by molar-refractivity contribution is 5.76.